The van der Waals surface area contributed by atoms with Gasteiger partial charge in [0.1, 0.15) is 11.7 Å². The van der Waals surface area contributed by atoms with E-state index in [0.29, 0.717) is 6.61 Å². The van der Waals surface area contributed by atoms with Crippen LogP contribution in [0.4, 0.5) is 0 Å². The molecule has 0 amide bonds. The summed E-state index contributed by atoms with van der Waals surface area (Å²) in [5.41, 5.74) is 0.511. The van der Waals surface area contributed by atoms with Crippen LogP contribution in [0.1, 0.15) is 53.0 Å². The molecule has 1 aromatic rings. The number of carbonyl (C=O) groups excluding carboxylic acids is 2. The average molecular weight is 336 g/mol. The number of carbonyl (C=O) groups is 2. The van der Waals surface area contributed by atoms with Gasteiger partial charge in [0.05, 0.1) is 25.6 Å². The molecule has 2 atom stereocenters. The van der Waals surface area contributed by atoms with E-state index in [1.807, 2.05) is 37.3 Å². The molecule has 5 heteroatoms. The zero-order valence-electron chi connectivity index (χ0n) is 15.2. The number of hydrogen-bond acceptors (Lipinski definition) is 5. The van der Waals surface area contributed by atoms with Crippen LogP contribution < -0.4 is 0 Å². The zero-order chi connectivity index (χ0) is 18.2. The molecule has 0 aliphatic carbocycles. The molecule has 0 saturated heterocycles. The van der Waals surface area contributed by atoms with Gasteiger partial charge in [-0.25, -0.2) is 0 Å². The first-order valence-electron chi connectivity index (χ1n) is 8.22. The van der Waals surface area contributed by atoms with Gasteiger partial charge in [-0.05, 0) is 40.2 Å². The Morgan fingerprint density at radius 3 is 2.12 bits per heavy atom. The van der Waals surface area contributed by atoms with Crippen molar-refractivity contribution in [3.8, 4) is 0 Å². The van der Waals surface area contributed by atoms with Crippen molar-refractivity contribution in [3.63, 3.8) is 0 Å². The summed E-state index contributed by atoms with van der Waals surface area (Å²) < 4.78 is 16.1. The summed E-state index contributed by atoms with van der Waals surface area (Å²) in [4.78, 5) is 23.6. The Hall–Kier alpha value is -1.88. The van der Waals surface area contributed by atoms with Crippen LogP contribution >= 0.6 is 0 Å². The normalized spacial score (nSPS) is 13.9. The molecule has 24 heavy (non-hydrogen) atoms. The monoisotopic (exact) mass is 336 g/mol. The summed E-state index contributed by atoms with van der Waals surface area (Å²) >= 11 is 0. The molecule has 0 fully saturated rings. The minimum absolute atomic E-state index is 0.0439. The molecule has 0 spiro atoms. The summed E-state index contributed by atoms with van der Waals surface area (Å²) in [7, 11) is 0. The van der Waals surface area contributed by atoms with Gasteiger partial charge in [-0.2, -0.15) is 0 Å². The number of ether oxygens (including phenoxy) is 3. The third-order valence-electron chi connectivity index (χ3n) is 3.04. The third-order valence-corrected chi connectivity index (χ3v) is 3.04. The lowest BCUT2D eigenvalue weighted by Gasteiger charge is -2.21. The highest BCUT2D eigenvalue weighted by molar-refractivity contribution is 5.73. The van der Waals surface area contributed by atoms with E-state index in [1.54, 1.807) is 27.7 Å². The van der Waals surface area contributed by atoms with E-state index in [1.165, 1.54) is 0 Å². The highest BCUT2D eigenvalue weighted by Gasteiger charge is 2.21. The Bertz CT molecular complexity index is 518. The lowest BCUT2D eigenvalue weighted by molar-refractivity contribution is -0.161. The van der Waals surface area contributed by atoms with Crippen molar-refractivity contribution in [2.75, 3.05) is 0 Å². The molecular formula is C19H28O5. The van der Waals surface area contributed by atoms with E-state index >= 15 is 0 Å². The highest BCUT2D eigenvalue weighted by Crippen LogP contribution is 2.12. The minimum atomic E-state index is -0.541. The van der Waals surface area contributed by atoms with E-state index in [4.69, 9.17) is 14.2 Å². The molecule has 0 aliphatic heterocycles. The molecule has 0 heterocycles. The Balaban J connectivity index is 2.27. The van der Waals surface area contributed by atoms with Crippen LogP contribution in [0.5, 0.6) is 0 Å². The van der Waals surface area contributed by atoms with Gasteiger partial charge in [0.2, 0.25) is 0 Å². The fourth-order valence-electron chi connectivity index (χ4n) is 2.04. The predicted octanol–water partition coefficient (Wildman–Crippen LogP) is 3.65. The van der Waals surface area contributed by atoms with Crippen molar-refractivity contribution >= 4 is 11.9 Å². The standard InChI is InChI=1S/C19H28O5/c1-14(22-13-16-9-7-6-8-10-16)11-17(20)23-15(2)12-18(21)24-19(3,4)5/h6-10,14-15H,11-13H2,1-5H3/t14-,15-/m0/s1. The number of rotatable bonds is 8. The Morgan fingerprint density at radius 2 is 1.54 bits per heavy atom. The molecule has 1 rings (SSSR count). The lowest BCUT2D eigenvalue weighted by atomic mass is 10.2. The molecular weight excluding hydrogens is 308 g/mol. The number of hydrogen-bond donors (Lipinski definition) is 0. The van der Waals surface area contributed by atoms with E-state index in [2.05, 4.69) is 0 Å². The first kappa shape index (κ1) is 20.2. The smallest absolute Gasteiger partial charge is 0.310 e. The molecule has 1 aromatic carbocycles. The fourth-order valence-corrected chi connectivity index (χ4v) is 2.04. The maximum absolute atomic E-state index is 11.9. The van der Waals surface area contributed by atoms with Gasteiger partial charge in [0.25, 0.3) is 0 Å². The minimum Gasteiger partial charge on any atom is -0.462 e. The molecule has 0 bridgehead atoms. The highest BCUT2D eigenvalue weighted by atomic mass is 16.6. The van der Waals surface area contributed by atoms with Gasteiger partial charge >= 0.3 is 11.9 Å². The van der Waals surface area contributed by atoms with Crippen molar-refractivity contribution in [2.45, 2.75) is 71.9 Å². The van der Waals surface area contributed by atoms with Crippen molar-refractivity contribution < 1.29 is 23.8 Å². The van der Waals surface area contributed by atoms with Gasteiger partial charge in [-0.1, -0.05) is 30.3 Å². The molecule has 5 nitrogen and oxygen atoms in total. The van der Waals surface area contributed by atoms with Crippen molar-refractivity contribution in [2.24, 2.45) is 0 Å². The fraction of sp³-hybridized carbons (Fsp3) is 0.579. The first-order chi connectivity index (χ1) is 11.2. The van der Waals surface area contributed by atoms with Crippen molar-refractivity contribution in [1.82, 2.24) is 0 Å². The number of benzene rings is 1. The van der Waals surface area contributed by atoms with Gasteiger partial charge < -0.3 is 14.2 Å². The lowest BCUT2D eigenvalue weighted by Crippen LogP contribution is -2.28. The maximum Gasteiger partial charge on any atom is 0.310 e. The van der Waals surface area contributed by atoms with E-state index in [0.717, 1.165) is 5.56 Å². The third kappa shape index (κ3) is 9.30. The van der Waals surface area contributed by atoms with Crippen molar-refractivity contribution in [3.05, 3.63) is 35.9 Å². The van der Waals surface area contributed by atoms with Crippen LogP contribution in [0, 0.1) is 0 Å². The summed E-state index contributed by atoms with van der Waals surface area (Å²) in [6.45, 7) is 9.34. The van der Waals surface area contributed by atoms with Crippen LogP contribution in [0.25, 0.3) is 0 Å². The topological polar surface area (TPSA) is 61.8 Å². The maximum atomic E-state index is 11.9. The zero-order valence-corrected chi connectivity index (χ0v) is 15.2. The van der Waals surface area contributed by atoms with Crippen molar-refractivity contribution in [1.29, 1.82) is 0 Å². The molecule has 0 unspecified atom stereocenters. The second-order valence-electron chi connectivity index (χ2n) is 6.90. The van der Waals surface area contributed by atoms with Gasteiger partial charge in [0, 0.05) is 0 Å². The van der Waals surface area contributed by atoms with Crippen LogP contribution in [0.2, 0.25) is 0 Å². The molecule has 0 N–H and O–H groups in total. The molecule has 0 saturated carbocycles. The summed E-state index contributed by atoms with van der Waals surface area (Å²) in [6, 6.07) is 9.75. The van der Waals surface area contributed by atoms with Crippen LogP contribution in [-0.4, -0.2) is 29.7 Å². The van der Waals surface area contributed by atoms with Crippen LogP contribution in [0.15, 0.2) is 30.3 Å². The predicted molar refractivity (Wildman–Crippen MR) is 91.3 cm³/mol. The quantitative estimate of drug-likeness (QED) is 0.678. The Labute approximate surface area is 144 Å². The average Bonchev–Trinajstić information content (AvgIpc) is 2.43. The summed E-state index contributed by atoms with van der Waals surface area (Å²) in [5.74, 6) is -0.761. The summed E-state index contributed by atoms with van der Waals surface area (Å²) in [6.07, 6.45) is -0.589. The molecule has 0 aromatic heterocycles. The summed E-state index contributed by atoms with van der Waals surface area (Å²) in [5, 5.41) is 0. The van der Waals surface area contributed by atoms with Gasteiger partial charge in [-0.3, -0.25) is 9.59 Å². The van der Waals surface area contributed by atoms with E-state index in [9.17, 15) is 9.59 Å². The number of esters is 2. The van der Waals surface area contributed by atoms with Crippen LogP contribution in [0.3, 0.4) is 0 Å². The largest absolute Gasteiger partial charge is 0.462 e. The van der Waals surface area contributed by atoms with E-state index < -0.39 is 11.7 Å². The van der Waals surface area contributed by atoms with Crippen LogP contribution in [-0.2, 0) is 30.4 Å². The second-order valence-corrected chi connectivity index (χ2v) is 6.90. The van der Waals surface area contributed by atoms with E-state index in [-0.39, 0.29) is 30.9 Å². The first-order valence-corrected chi connectivity index (χ1v) is 8.22. The Morgan fingerprint density at radius 1 is 0.958 bits per heavy atom. The van der Waals surface area contributed by atoms with Gasteiger partial charge in [0.15, 0.2) is 0 Å². The molecule has 0 radical (unpaired) electrons. The molecule has 0 aliphatic rings. The second kappa shape index (κ2) is 9.42. The Kier molecular flexibility index (Phi) is 7.92. The SMILES string of the molecule is C[C@@H](CC(=O)O[C@@H](C)CC(=O)OC(C)(C)C)OCc1ccccc1. The van der Waals surface area contributed by atoms with Gasteiger partial charge in [-0.15, -0.1) is 0 Å². The molecule has 134 valence electrons.